The van der Waals surface area contributed by atoms with E-state index in [4.69, 9.17) is 17.9 Å². The molecule has 1 heterocycles. The standard InChI is InChI=1S/C10H15N3S/c1-2-5-13-8-4-3-7(11)6-9(8)14-10(13)12/h1,7,10H,3-6,11-12H2. The third kappa shape index (κ3) is 1.63. The topological polar surface area (TPSA) is 55.3 Å². The van der Waals surface area contributed by atoms with Crippen LogP contribution in [0.1, 0.15) is 19.3 Å². The van der Waals surface area contributed by atoms with Gasteiger partial charge in [-0.2, -0.15) is 0 Å². The molecule has 0 aromatic carbocycles. The second-order valence-corrected chi connectivity index (χ2v) is 4.92. The van der Waals surface area contributed by atoms with Gasteiger partial charge in [0, 0.05) is 16.6 Å². The van der Waals surface area contributed by atoms with E-state index in [2.05, 4.69) is 10.8 Å². The van der Waals surface area contributed by atoms with Crippen LogP contribution in [0.3, 0.4) is 0 Å². The first-order valence-electron chi connectivity index (χ1n) is 4.82. The molecule has 1 aliphatic heterocycles. The van der Waals surface area contributed by atoms with E-state index in [1.54, 1.807) is 11.8 Å². The van der Waals surface area contributed by atoms with Gasteiger partial charge in [-0.05, 0) is 19.3 Å². The van der Waals surface area contributed by atoms with Crippen LogP contribution in [0.4, 0.5) is 0 Å². The number of terminal acetylenes is 1. The lowest BCUT2D eigenvalue weighted by atomic mass is 9.99. The lowest BCUT2D eigenvalue weighted by Crippen LogP contribution is -2.36. The van der Waals surface area contributed by atoms with Gasteiger partial charge in [0.1, 0.15) is 5.50 Å². The summed E-state index contributed by atoms with van der Waals surface area (Å²) in [5.74, 6) is 2.65. The molecule has 76 valence electrons. The average molecular weight is 209 g/mol. The molecule has 0 saturated heterocycles. The third-order valence-electron chi connectivity index (χ3n) is 2.70. The molecule has 2 aliphatic rings. The Balaban J connectivity index is 2.17. The minimum Gasteiger partial charge on any atom is -0.339 e. The SMILES string of the molecule is C#CCN1C2=C(CC(N)CC2)SC1N. The quantitative estimate of drug-likeness (QED) is 0.622. The highest BCUT2D eigenvalue weighted by Gasteiger charge is 2.32. The highest BCUT2D eigenvalue weighted by atomic mass is 32.2. The molecule has 1 aliphatic carbocycles. The first-order chi connectivity index (χ1) is 6.72. The van der Waals surface area contributed by atoms with Crippen LogP contribution in [0.25, 0.3) is 0 Å². The van der Waals surface area contributed by atoms with E-state index in [1.165, 1.54) is 10.6 Å². The first-order valence-corrected chi connectivity index (χ1v) is 5.70. The molecule has 2 rings (SSSR count). The van der Waals surface area contributed by atoms with Gasteiger partial charge in [-0.25, -0.2) is 0 Å². The zero-order valence-corrected chi connectivity index (χ0v) is 8.89. The molecule has 0 amide bonds. The summed E-state index contributed by atoms with van der Waals surface area (Å²) in [6.45, 7) is 0.613. The summed E-state index contributed by atoms with van der Waals surface area (Å²) >= 11 is 1.71. The van der Waals surface area contributed by atoms with Crippen molar-refractivity contribution < 1.29 is 0 Å². The lowest BCUT2D eigenvalue weighted by Gasteiger charge is -2.26. The number of thioether (sulfide) groups is 1. The van der Waals surface area contributed by atoms with Crippen LogP contribution in [-0.2, 0) is 0 Å². The number of rotatable bonds is 1. The van der Waals surface area contributed by atoms with E-state index in [0.717, 1.165) is 19.3 Å². The molecule has 4 heteroatoms. The van der Waals surface area contributed by atoms with E-state index in [-0.39, 0.29) is 5.50 Å². The highest BCUT2D eigenvalue weighted by Crippen LogP contribution is 2.42. The molecule has 0 bridgehead atoms. The lowest BCUT2D eigenvalue weighted by molar-refractivity contribution is 0.348. The Labute approximate surface area is 88.9 Å². The Hall–Kier alpha value is -0.630. The van der Waals surface area contributed by atoms with Crippen molar-refractivity contribution in [3.8, 4) is 12.3 Å². The van der Waals surface area contributed by atoms with Crippen molar-refractivity contribution in [1.29, 1.82) is 0 Å². The fraction of sp³-hybridized carbons (Fsp3) is 0.600. The van der Waals surface area contributed by atoms with Gasteiger partial charge in [-0.1, -0.05) is 17.7 Å². The van der Waals surface area contributed by atoms with E-state index in [9.17, 15) is 0 Å². The van der Waals surface area contributed by atoms with Crippen LogP contribution in [0.2, 0.25) is 0 Å². The summed E-state index contributed by atoms with van der Waals surface area (Å²) in [6.07, 6.45) is 8.36. The summed E-state index contributed by atoms with van der Waals surface area (Å²) < 4.78 is 0. The number of hydrogen-bond donors (Lipinski definition) is 2. The van der Waals surface area contributed by atoms with E-state index in [0.29, 0.717) is 12.6 Å². The Bertz CT molecular complexity index is 305. The zero-order chi connectivity index (χ0) is 10.1. The summed E-state index contributed by atoms with van der Waals surface area (Å²) in [4.78, 5) is 3.47. The van der Waals surface area contributed by atoms with Crippen LogP contribution in [0.15, 0.2) is 10.6 Å². The molecule has 3 nitrogen and oxygen atoms in total. The number of hydrogen-bond acceptors (Lipinski definition) is 4. The first kappa shape index (κ1) is 9.91. The molecule has 4 N–H and O–H groups in total. The molecule has 0 aromatic heterocycles. The second-order valence-electron chi connectivity index (χ2n) is 3.71. The van der Waals surface area contributed by atoms with E-state index >= 15 is 0 Å². The zero-order valence-electron chi connectivity index (χ0n) is 8.07. The largest absolute Gasteiger partial charge is 0.339 e. The normalized spacial score (nSPS) is 31.6. The van der Waals surface area contributed by atoms with Crippen molar-refractivity contribution in [3.05, 3.63) is 10.6 Å². The molecule has 2 unspecified atom stereocenters. The van der Waals surface area contributed by atoms with Gasteiger partial charge in [0.15, 0.2) is 0 Å². The van der Waals surface area contributed by atoms with Crippen LogP contribution in [0.5, 0.6) is 0 Å². The van der Waals surface area contributed by atoms with Crippen LogP contribution < -0.4 is 11.5 Å². The van der Waals surface area contributed by atoms with Crippen LogP contribution in [-0.4, -0.2) is 23.0 Å². The number of nitrogens with zero attached hydrogens (tertiary/aromatic N) is 1. The van der Waals surface area contributed by atoms with Gasteiger partial charge < -0.3 is 16.4 Å². The Morgan fingerprint density at radius 2 is 2.36 bits per heavy atom. The smallest absolute Gasteiger partial charge is 0.130 e. The molecule has 0 fully saturated rings. The summed E-state index contributed by atoms with van der Waals surface area (Å²) in [7, 11) is 0. The summed E-state index contributed by atoms with van der Waals surface area (Å²) in [6, 6.07) is 0.305. The second kappa shape index (κ2) is 3.85. The molecule has 2 atom stereocenters. The van der Waals surface area contributed by atoms with Crippen LogP contribution >= 0.6 is 11.8 Å². The highest BCUT2D eigenvalue weighted by molar-refractivity contribution is 8.03. The van der Waals surface area contributed by atoms with Crippen molar-refractivity contribution in [2.24, 2.45) is 11.5 Å². The molecule has 0 aromatic rings. The van der Waals surface area contributed by atoms with Crippen molar-refractivity contribution in [3.63, 3.8) is 0 Å². The van der Waals surface area contributed by atoms with Gasteiger partial charge in [-0.3, -0.25) is 0 Å². The van der Waals surface area contributed by atoms with Crippen molar-refractivity contribution in [1.82, 2.24) is 4.90 Å². The van der Waals surface area contributed by atoms with Gasteiger partial charge in [0.2, 0.25) is 0 Å². The van der Waals surface area contributed by atoms with E-state index < -0.39 is 0 Å². The molecule has 0 radical (unpaired) electrons. The minimum absolute atomic E-state index is 0.00125. The predicted molar refractivity (Wildman–Crippen MR) is 60.0 cm³/mol. The summed E-state index contributed by atoms with van der Waals surface area (Å²) in [5, 5.41) is 0. The van der Waals surface area contributed by atoms with Crippen molar-refractivity contribution >= 4 is 11.8 Å². The van der Waals surface area contributed by atoms with Gasteiger partial charge >= 0.3 is 0 Å². The Morgan fingerprint density at radius 1 is 1.57 bits per heavy atom. The monoisotopic (exact) mass is 209 g/mol. The molecule has 0 spiro atoms. The van der Waals surface area contributed by atoms with Crippen molar-refractivity contribution in [2.45, 2.75) is 30.8 Å². The fourth-order valence-corrected chi connectivity index (χ4v) is 3.27. The third-order valence-corrected chi connectivity index (χ3v) is 3.88. The molecule has 14 heavy (non-hydrogen) atoms. The number of allylic oxidation sites excluding steroid dienone is 1. The van der Waals surface area contributed by atoms with E-state index in [1.807, 2.05) is 0 Å². The fourth-order valence-electron chi connectivity index (χ4n) is 1.99. The minimum atomic E-state index is 0.00125. The maximum atomic E-state index is 5.98. The maximum Gasteiger partial charge on any atom is 0.130 e. The Morgan fingerprint density at radius 3 is 3.07 bits per heavy atom. The molecule has 0 saturated carbocycles. The van der Waals surface area contributed by atoms with Crippen molar-refractivity contribution in [2.75, 3.05) is 6.54 Å². The van der Waals surface area contributed by atoms with Gasteiger partial charge in [0.25, 0.3) is 0 Å². The molecular formula is C10H15N3S. The summed E-state index contributed by atoms with van der Waals surface area (Å²) in [5.41, 5.74) is 13.2. The predicted octanol–water partition coefficient (Wildman–Crippen LogP) is 0.634. The van der Waals surface area contributed by atoms with Gasteiger partial charge in [0.05, 0.1) is 6.54 Å². The van der Waals surface area contributed by atoms with Gasteiger partial charge in [-0.15, -0.1) is 6.42 Å². The molecular weight excluding hydrogens is 194 g/mol. The average Bonchev–Trinajstić information content (AvgIpc) is 2.43. The number of nitrogens with two attached hydrogens (primary N) is 2. The Kier molecular flexibility index (Phi) is 2.73. The maximum absolute atomic E-state index is 5.98. The van der Waals surface area contributed by atoms with Crippen LogP contribution in [0, 0.1) is 12.3 Å².